The second-order valence-electron chi connectivity index (χ2n) is 7.44. The van der Waals surface area contributed by atoms with E-state index in [0.717, 1.165) is 24.0 Å². The van der Waals surface area contributed by atoms with Gasteiger partial charge < -0.3 is 18.6 Å². The number of esters is 1. The van der Waals surface area contributed by atoms with E-state index >= 15 is 0 Å². The van der Waals surface area contributed by atoms with Crippen LogP contribution in [-0.2, 0) is 9.53 Å². The summed E-state index contributed by atoms with van der Waals surface area (Å²) in [5, 5.41) is 0.353. The molecule has 6 heteroatoms. The van der Waals surface area contributed by atoms with Gasteiger partial charge in [0.05, 0.1) is 12.0 Å². The summed E-state index contributed by atoms with van der Waals surface area (Å²) in [4.78, 5) is 24.5. The minimum absolute atomic E-state index is 0.0862. The number of benzene rings is 3. The van der Waals surface area contributed by atoms with E-state index in [1.165, 1.54) is 6.26 Å². The van der Waals surface area contributed by atoms with Crippen LogP contribution in [0, 0.1) is 0 Å². The number of fused-ring (bicyclic) bond motifs is 1. The fourth-order valence-corrected chi connectivity index (χ4v) is 3.24. The third-order valence-corrected chi connectivity index (χ3v) is 5.02. The molecule has 1 heterocycles. The molecule has 0 aliphatic rings. The van der Waals surface area contributed by atoms with Gasteiger partial charge in [-0.2, -0.15) is 0 Å². The van der Waals surface area contributed by atoms with Crippen molar-refractivity contribution in [2.24, 2.45) is 0 Å². The molecular formula is C27H24O6. The quantitative estimate of drug-likeness (QED) is 0.234. The Balaban J connectivity index is 1.44. The zero-order valence-corrected chi connectivity index (χ0v) is 18.3. The normalized spacial score (nSPS) is 10.7. The van der Waals surface area contributed by atoms with Crippen LogP contribution in [0.3, 0.4) is 0 Å². The van der Waals surface area contributed by atoms with E-state index in [9.17, 15) is 9.59 Å². The maximum absolute atomic E-state index is 12.8. The molecule has 0 unspecified atom stereocenters. The van der Waals surface area contributed by atoms with Gasteiger partial charge in [0, 0.05) is 6.07 Å². The minimum atomic E-state index is -0.438. The lowest BCUT2D eigenvalue weighted by atomic mass is 10.1. The minimum Gasteiger partial charge on any atom is -0.482 e. The molecule has 0 N–H and O–H groups in total. The number of carbonyl (C=O) groups is 1. The van der Waals surface area contributed by atoms with Crippen molar-refractivity contribution in [1.82, 2.24) is 0 Å². The van der Waals surface area contributed by atoms with E-state index < -0.39 is 5.97 Å². The second-order valence-corrected chi connectivity index (χ2v) is 7.44. The van der Waals surface area contributed by atoms with Crippen LogP contribution in [0.5, 0.6) is 17.2 Å². The van der Waals surface area contributed by atoms with Gasteiger partial charge in [0.15, 0.2) is 6.61 Å². The van der Waals surface area contributed by atoms with Crippen molar-refractivity contribution in [1.29, 1.82) is 0 Å². The molecule has 4 aromatic rings. The van der Waals surface area contributed by atoms with E-state index in [-0.39, 0.29) is 17.8 Å². The Bertz CT molecular complexity index is 1280. The molecule has 0 fully saturated rings. The van der Waals surface area contributed by atoms with Crippen molar-refractivity contribution < 1.29 is 23.4 Å². The standard InChI is InChI=1S/C27H24O6/c1-2-3-15-30-26(28)18-31-22-13-14-23-24(16-22)32-17-25(27(23)29)33-21-11-9-20(10-12-21)19-7-5-4-6-8-19/h4-14,16-17H,2-3,15,18H2,1H3. The Morgan fingerprint density at radius 2 is 1.64 bits per heavy atom. The molecule has 3 aromatic carbocycles. The number of carbonyl (C=O) groups excluding carboxylic acids is 1. The Hall–Kier alpha value is -4.06. The summed E-state index contributed by atoms with van der Waals surface area (Å²) in [5.74, 6) is 0.585. The van der Waals surface area contributed by atoms with Crippen LogP contribution in [0.1, 0.15) is 19.8 Å². The number of rotatable bonds is 9. The topological polar surface area (TPSA) is 75.0 Å². The molecule has 0 aliphatic carbocycles. The molecule has 4 rings (SSSR count). The van der Waals surface area contributed by atoms with Crippen LogP contribution < -0.4 is 14.9 Å². The molecule has 33 heavy (non-hydrogen) atoms. The number of hydrogen-bond acceptors (Lipinski definition) is 6. The summed E-state index contributed by atoms with van der Waals surface area (Å²) in [5.41, 5.74) is 2.19. The molecule has 1 aromatic heterocycles. The maximum atomic E-state index is 12.8. The van der Waals surface area contributed by atoms with Gasteiger partial charge in [0.2, 0.25) is 11.2 Å². The van der Waals surface area contributed by atoms with Crippen LogP contribution in [0.25, 0.3) is 22.1 Å². The summed E-state index contributed by atoms with van der Waals surface area (Å²) in [6.45, 7) is 2.19. The Kier molecular flexibility index (Phi) is 7.05. The highest BCUT2D eigenvalue weighted by molar-refractivity contribution is 5.79. The van der Waals surface area contributed by atoms with Gasteiger partial charge >= 0.3 is 5.97 Å². The molecular weight excluding hydrogens is 420 g/mol. The molecule has 6 nitrogen and oxygen atoms in total. The third-order valence-electron chi connectivity index (χ3n) is 5.02. The van der Waals surface area contributed by atoms with E-state index in [2.05, 4.69) is 0 Å². The number of unbranched alkanes of at least 4 members (excludes halogenated alkanes) is 1. The molecule has 0 bridgehead atoms. The largest absolute Gasteiger partial charge is 0.482 e. The van der Waals surface area contributed by atoms with Crippen molar-refractivity contribution in [3.05, 3.63) is 89.3 Å². The second kappa shape index (κ2) is 10.5. The van der Waals surface area contributed by atoms with Crippen LogP contribution in [-0.4, -0.2) is 19.2 Å². The molecule has 0 radical (unpaired) electrons. The van der Waals surface area contributed by atoms with Gasteiger partial charge in [0.1, 0.15) is 23.3 Å². The van der Waals surface area contributed by atoms with Gasteiger partial charge in [-0.1, -0.05) is 55.8 Å². The van der Waals surface area contributed by atoms with E-state index in [4.69, 9.17) is 18.6 Å². The molecule has 0 saturated carbocycles. The summed E-state index contributed by atoms with van der Waals surface area (Å²) in [6, 6.07) is 22.2. The van der Waals surface area contributed by atoms with Gasteiger partial charge in [-0.3, -0.25) is 4.79 Å². The summed E-state index contributed by atoms with van der Waals surface area (Å²) in [7, 11) is 0. The molecule has 0 saturated heterocycles. The smallest absolute Gasteiger partial charge is 0.344 e. The zero-order chi connectivity index (χ0) is 23.0. The first kappa shape index (κ1) is 22.1. The van der Waals surface area contributed by atoms with Crippen molar-refractivity contribution in [2.75, 3.05) is 13.2 Å². The highest BCUT2D eigenvalue weighted by atomic mass is 16.6. The highest BCUT2D eigenvalue weighted by Gasteiger charge is 2.11. The van der Waals surface area contributed by atoms with Crippen LogP contribution >= 0.6 is 0 Å². The third kappa shape index (κ3) is 5.60. The first-order valence-corrected chi connectivity index (χ1v) is 10.8. The lowest BCUT2D eigenvalue weighted by molar-refractivity contribution is -0.146. The number of hydrogen-bond donors (Lipinski definition) is 0. The highest BCUT2D eigenvalue weighted by Crippen LogP contribution is 2.26. The van der Waals surface area contributed by atoms with E-state index in [1.54, 1.807) is 18.2 Å². The fraction of sp³-hybridized carbons (Fsp3) is 0.185. The Morgan fingerprint density at radius 3 is 2.39 bits per heavy atom. The average Bonchev–Trinajstić information content (AvgIpc) is 2.85. The van der Waals surface area contributed by atoms with Crippen molar-refractivity contribution in [2.45, 2.75) is 19.8 Å². The van der Waals surface area contributed by atoms with E-state index in [1.807, 2.05) is 61.5 Å². The summed E-state index contributed by atoms with van der Waals surface area (Å²) in [6.07, 6.45) is 3.04. The predicted molar refractivity (Wildman–Crippen MR) is 126 cm³/mol. The first-order valence-electron chi connectivity index (χ1n) is 10.8. The van der Waals surface area contributed by atoms with Crippen LogP contribution in [0.4, 0.5) is 0 Å². The van der Waals surface area contributed by atoms with Crippen molar-refractivity contribution in [3.63, 3.8) is 0 Å². The number of ether oxygens (including phenoxy) is 3. The van der Waals surface area contributed by atoms with Crippen LogP contribution in [0.2, 0.25) is 0 Å². The van der Waals surface area contributed by atoms with E-state index in [0.29, 0.717) is 29.1 Å². The van der Waals surface area contributed by atoms with Gasteiger partial charge in [-0.15, -0.1) is 0 Å². The first-order chi connectivity index (χ1) is 16.1. The summed E-state index contributed by atoms with van der Waals surface area (Å²) < 4.78 is 21.9. The molecule has 168 valence electrons. The molecule has 0 atom stereocenters. The van der Waals surface area contributed by atoms with Gasteiger partial charge in [-0.25, -0.2) is 4.79 Å². The lowest BCUT2D eigenvalue weighted by Gasteiger charge is -2.09. The lowest BCUT2D eigenvalue weighted by Crippen LogP contribution is -2.15. The van der Waals surface area contributed by atoms with Gasteiger partial charge in [-0.05, 0) is 41.8 Å². The average molecular weight is 444 g/mol. The Labute approximate surface area is 191 Å². The fourth-order valence-electron chi connectivity index (χ4n) is 3.24. The van der Waals surface area contributed by atoms with Gasteiger partial charge in [0.25, 0.3) is 0 Å². The van der Waals surface area contributed by atoms with Crippen LogP contribution in [0.15, 0.2) is 88.3 Å². The molecule has 0 spiro atoms. The predicted octanol–water partition coefficient (Wildman–Crippen LogP) is 5.97. The molecule has 0 aliphatic heterocycles. The Morgan fingerprint density at radius 1 is 0.909 bits per heavy atom. The zero-order valence-electron chi connectivity index (χ0n) is 18.3. The molecule has 0 amide bonds. The van der Waals surface area contributed by atoms with Crippen molar-refractivity contribution >= 4 is 16.9 Å². The van der Waals surface area contributed by atoms with Crippen molar-refractivity contribution in [3.8, 4) is 28.4 Å². The maximum Gasteiger partial charge on any atom is 0.344 e. The summed E-state index contributed by atoms with van der Waals surface area (Å²) >= 11 is 0. The monoisotopic (exact) mass is 444 g/mol. The SMILES string of the molecule is CCCCOC(=O)COc1ccc2c(=O)c(Oc3ccc(-c4ccccc4)cc3)coc2c1.